The van der Waals surface area contributed by atoms with Gasteiger partial charge in [-0.25, -0.2) is 0 Å². The third-order valence-electron chi connectivity index (χ3n) is 6.52. The van der Waals surface area contributed by atoms with Crippen LogP contribution in [0, 0.1) is 5.92 Å². The molecule has 1 aromatic rings. The maximum absolute atomic E-state index is 3.84. The van der Waals surface area contributed by atoms with Gasteiger partial charge in [-0.05, 0) is 62.2 Å². The predicted molar refractivity (Wildman–Crippen MR) is 126 cm³/mol. The molecule has 158 valence electrons. The van der Waals surface area contributed by atoms with Crippen molar-refractivity contribution >= 4 is 0 Å². The molecule has 0 heterocycles. The summed E-state index contributed by atoms with van der Waals surface area (Å²) in [6.45, 7) is 5.63. The number of benzene rings is 1. The molecule has 0 amide bonds. The summed E-state index contributed by atoms with van der Waals surface area (Å²) in [7, 11) is 0. The summed E-state index contributed by atoms with van der Waals surface area (Å²) < 4.78 is 0. The predicted octanol–water partition coefficient (Wildman–Crippen LogP) is 6.14. The normalized spacial score (nSPS) is 19.6. The van der Waals surface area contributed by atoms with Crippen molar-refractivity contribution in [1.82, 2.24) is 10.6 Å². The van der Waals surface area contributed by atoms with Crippen molar-refractivity contribution in [3.8, 4) is 0 Å². The van der Waals surface area contributed by atoms with Gasteiger partial charge >= 0.3 is 0 Å². The third kappa shape index (κ3) is 7.60. The van der Waals surface area contributed by atoms with E-state index in [2.05, 4.69) is 78.3 Å². The van der Waals surface area contributed by atoms with E-state index >= 15 is 0 Å². The molecule has 2 heteroatoms. The molecule has 0 spiro atoms. The van der Waals surface area contributed by atoms with E-state index in [1.165, 1.54) is 56.2 Å². The third-order valence-corrected chi connectivity index (χ3v) is 6.52. The molecule has 2 unspecified atom stereocenters. The van der Waals surface area contributed by atoms with Gasteiger partial charge in [-0.1, -0.05) is 86.9 Å². The minimum Gasteiger partial charge on any atom is -0.315 e. The Kier molecular flexibility index (Phi) is 9.75. The van der Waals surface area contributed by atoms with Crippen LogP contribution in [0.2, 0.25) is 0 Å². The van der Waals surface area contributed by atoms with Gasteiger partial charge < -0.3 is 10.6 Å². The Morgan fingerprint density at radius 3 is 2.66 bits per heavy atom. The quantitative estimate of drug-likeness (QED) is 0.442. The second-order valence-electron chi connectivity index (χ2n) is 8.71. The summed E-state index contributed by atoms with van der Waals surface area (Å²) in [4.78, 5) is 0. The fourth-order valence-corrected chi connectivity index (χ4v) is 4.65. The molecule has 0 aromatic heterocycles. The number of allylic oxidation sites excluding steroid dienone is 6. The van der Waals surface area contributed by atoms with Gasteiger partial charge in [-0.2, -0.15) is 0 Å². The molecule has 0 radical (unpaired) electrons. The van der Waals surface area contributed by atoms with Gasteiger partial charge in [-0.15, -0.1) is 0 Å². The Bertz CT molecular complexity index is 652. The standard InChI is InChI=1S/C27H40N2/c1-2-26(29-21-23-13-7-5-8-14-23)22-28-20-19-27(25-17-11-6-12-18-25)24-15-9-3-4-10-16-24/h3,6,9-12,15-18,23,26-29H,2,4-5,7-8,13-14,19-22H2,1H3. The fraction of sp³-hybridized carbons (Fsp3) is 0.556. The summed E-state index contributed by atoms with van der Waals surface area (Å²) in [5.41, 5.74) is 2.84. The van der Waals surface area contributed by atoms with Gasteiger partial charge in [-0.3, -0.25) is 0 Å². The molecule has 2 atom stereocenters. The van der Waals surface area contributed by atoms with Gasteiger partial charge in [0.05, 0.1) is 0 Å². The van der Waals surface area contributed by atoms with Crippen LogP contribution in [-0.4, -0.2) is 25.7 Å². The van der Waals surface area contributed by atoms with Crippen molar-refractivity contribution in [2.75, 3.05) is 19.6 Å². The monoisotopic (exact) mass is 392 g/mol. The number of nitrogens with one attached hydrogen (secondary N) is 2. The molecule has 2 N–H and O–H groups in total. The number of hydrogen-bond acceptors (Lipinski definition) is 2. The highest BCUT2D eigenvalue weighted by Crippen LogP contribution is 2.29. The zero-order valence-corrected chi connectivity index (χ0v) is 18.3. The SMILES string of the molecule is CCC(CNCCC(C1=CC=CCC=C1)c1ccccc1)NCC1CCCCC1. The van der Waals surface area contributed by atoms with Crippen LogP contribution in [-0.2, 0) is 0 Å². The Morgan fingerprint density at radius 2 is 1.86 bits per heavy atom. The average Bonchev–Trinajstić information content (AvgIpc) is 3.06. The highest BCUT2D eigenvalue weighted by Gasteiger charge is 2.17. The van der Waals surface area contributed by atoms with Crippen molar-refractivity contribution in [1.29, 1.82) is 0 Å². The summed E-state index contributed by atoms with van der Waals surface area (Å²) in [5, 5.41) is 7.58. The van der Waals surface area contributed by atoms with E-state index in [1.54, 1.807) is 0 Å². The van der Waals surface area contributed by atoms with Crippen LogP contribution >= 0.6 is 0 Å². The number of rotatable bonds is 11. The summed E-state index contributed by atoms with van der Waals surface area (Å²) >= 11 is 0. The molecular weight excluding hydrogens is 352 g/mol. The van der Waals surface area contributed by atoms with Crippen LogP contribution in [0.4, 0.5) is 0 Å². The van der Waals surface area contributed by atoms with Gasteiger partial charge in [0.15, 0.2) is 0 Å². The Morgan fingerprint density at radius 1 is 1.03 bits per heavy atom. The molecule has 1 aromatic carbocycles. The highest BCUT2D eigenvalue weighted by atomic mass is 15.0. The van der Waals surface area contributed by atoms with Gasteiger partial charge in [0.2, 0.25) is 0 Å². The molecule has 0 bridgehead atoms. The van der Waals surface area contributed by atoms with Crippen LogP contribution in [0.3, 0.4) is 0 Å². The summed E-state index contributed by atoms with van der Waals surface area (Å²) in [6, 6.07) is 11.6. The largest absolute Gasteiger partial charge is 0.315 e. The van der Waals surface area contributed by atoms with Crippen molar-refractivity contribution in [3.63, 3.8) is 0 Å². The molecule has 2 nitrogen and oxygen atoms in total. The molecule has 1 saturated carbocycles. The zero-order chi connectivity index (χ0) is 20.2. The average molecular weight is 393 g/mol. The van der Waals surface area contributed by atoms with E-state index in [9.17, 15) is 0 Å². The Hall–Kier alpha value is -1.64. The lowest BCUT2D eigenvalue weighted by Gasteiger charge is -2.25. The molecule has 1 fully saturated rings. The molecular formula is C27H40N2. The van der Waals surface area contributed by atoms with Gasteiger partial charge in [0, 0.05) is 18.5 Å². The summed E-state index contributed by atoms with van der Waals surface area (Å²) in [5.74, 6) is 1.36. The van der Waals surface area contributed by atoms with Crippen molar-refractivity contribution in [2.45, 2.75) is 70.3 Å². The molecule has 0 aliphatic heterocycles. The van der Waals surface area contributed by atoms with Crippen LogP contribution in [0.15, 0.2) is 66.3 Å². The van der Waals surface area contributed by atoms with Gasteiger partial charge in [0.1, 0.15) is 0 Å². The van der Waals surface area contributed by atoms with Crippen molar-refractivity contribution in [2.24, 2.45) is 5.92 Å². The highest BCUT2D eigenvalue weighted by molar-refractivity contribution is 5.38. The van der Waals surface area contributed by atoms with Crippen molar-refractivity contribution in [3.05, 3.63) is 71.8 Å². The lowest BCUT2D eigenvalue weighted by Crippen LogP contribution is -2.41. The lowest BCUT2D eigenvalue weighted by molar-refractivity contribution is 0.321. The van der Waals surface area contributed by atoms with Crippen LogP contribution < -0.4 is 10.6 Å². The van der Waals surface area contributed by atoms with E-state index < -0.39 is 0 Å². The van der Waals surface area contributed by atoms with Crippen LogP contribution in [0.25, 0.3) is 0 Å². The minimum absolute atomic E-state index is 0.456. The first-order valence-electron chi connectivity index (χ1n) is 11.9. The summed E-state index contributed by atoms with van der Waals surface area (Å²) in [6.07, 6.45) is 21.8. The maximum atomic E-state index is 3.84. The second-order valence-corrected chi connectivity index (χ2v) is 8.71. The Labute approximate surface area is 178 Å². The smallest absolute Gasteiger partial charge is 0.0189 e. The first-order valence-corrected chi connectivity index (χ1v) is 11.9. The van der Waals surface area contributed by atoms with Crippen LogP contribution in [0.5, 0.6) is 0 Å². The van der Waals surface area contributed by atoms with E-state index in [4.69, 9.17) is 0 Å². The topological polar surface area (TPSA) is 24.1 Å². The van der Waals surface area contributed by atoms with Crippen molar-refractivity contribution < 1.29 is 0 Å². The van der Waals surface area contributed by atoms with Crippen LogP contribution in [0.1, 0.15) is 69.8 Å². The molecule has 2 aliphatic rings. The Balaban J connectivity index is 1.47. The number of hydrogen-bond donors (Lipinski definition) is 2. The van der Waals surface area contributed by atoms with Gasteiger partial charge in [0.25, 0.3) is 0 Å². The van der Waals surface area contributed by atoms with E-state index in [0.717, 1.165) is 31.8 Å². The molecule has 0 saturated heterocycles. The second kappa shape index (κ2) is 12.8. The molecule has 29 heavy (non-hydrogen) atoms. The van der Waals surface area contributed by atoms with E-state index in [-0.39, 0.29) is 0 Å². The van der Waals surface area contributed by atoms with E-state index in [1.807, 2.05) is 0 Å². The maximum Gasteiger partial charge on any atom is 0.0189 e. The lowest BCUT2D eigenvalue weighted by atomic mass is 9.87. The molecule has 3 rings (SSSR count). The zero-order valence-electron chi connectivity index (χ0n) is 18.3. The van der Waals surface area contributed by atoms with E-state index in [0.29, 0.717) is 12.0 Å². The molecule has 2 aliphatic carbocycles. The first-order chi connectivity index (χ1) is 14.4. The minimum atomic E-state index is 0.456. The fourth-order valence-electron chi connectivity index (χ4n) is 4.65. The first kappa shape index (κ1) is 22.1.